The van der Waals surface area contributed by atoms with E-state index >= 15 is 0 Å². The number of nitrogens with zero attached hydrogens (tertiary/aromatic N) is 1. The lowest BCUT2D eigenvalue weighted by molar-refractivity contribution is 0.266. The molecular formula is C13H19ClN2O2S. The van der Waals surface area contributed by atoms with E-state index in [4.69, 9.17) is 17.3 Å². The van der Waals surface area contributed by atoms with E-state index in [-0.39, 0.29) is 9.92 Å². The maximum Gasteiger partial charge on any atom is 0.244 e. The Bertz CT molecular complexity index is 525. The van der Waals surface area contributed by atoms with Crippen LogP contribution < -0.4 is 5.73 Å². The van der Waals surface area contributed by atoms with Crippen LogP contribution in [0.1, 0.15) is 19.3 Å². The van der Waals surface area contributed by atoms with Crippen LogP contribution in [0.25, 0.3) is 0 Å². The molecule has 0 atom stereocenters. The second-order valence-corrected chi connectivity index (χ2v) is 7.17. The van der Waals surface area contributed by atoms with Crippen LogP contribution in [-0.2, 0) is 10.0 Å². The van der Waals surface area contributed by atoms with Crippen molar-refractivity contribution in [1.82, 2.24) is 4.31 Å². The van der Waals surface area contributed by atoms with Crippen molar-refractivity contribution < 1.29 is 8.42 Å². The quantitative estimate of drug-likeness (QED) is 0.926. The van der Waals surface area contributed by atoms with Gasteiger partial charge in [0.15, 0.2) is 0 Å². The average molecular weight is 303 g/mol. The molecule has 1 aliphatic heterocycles. The fourth-order valence-electron chi connectivity index (χ4n) is 2.47. The summed E-state index contributed by atoms with van der Waals surface area (Å²) >= 11 is 5.98. The first kappa shape index (κ1) is 14.8. The zero-order chi connectivity index (χ0) is 13.9. The van der Waals surface area contributed by atoms with Gasteiger partial charge in [-0.1, -0.05) is 23.7 Å². The van der Waals surface area contributed by atoms with Gasteiger partial charge in [0.1, 0.15) is 4.90 Å². The second kappa shape index (κ2) is 6.22. The number of piperidine rings is 1. The predicted octanol–water partition coefficient (Wildman–Crippen LogP) is 2.09. The molecule has 1 heterocycles. The van der Waals surface area contributed by atoms with Crippen LogP contribution in [0, 0.1) is 5.92 Å². The normalized spacial score (nSPS) is 18.6. The van der Waals surface area contributed by atoms with E-state index in [2.05, 4.69) is 0 Å². The summed E-state index contributed by atoms with van der Waals surface area (Å²) in [6.07, 6.45) is 2.72. The van der Waals surface area contributed by atoms with Gasteiger partial charge in [-0.2, -0.15) is 4.31 Å². The Morgan fingerprint density at radius 2 is 1.89 bits per heavy atom. The van der Waals surface area contributed by atoms with Crippen molar-refractivity contribution >= 4 is 21.6 Å². The van der Waals surface area contributed by atoms with Crippen LogP contribution in [0.15, 0.2) is 29.2 Å². The SMILES string of the molecule is NCCC1CCN(S(=O)(=O)c2ccccc2Cl)CC1. The minimum Gasteiger partial charge on any atom is -0.330 e. The lowest BCUT2D eigenvalue weighted by Crippen LogP contribution is -2.38. The van der Waals surface area contributed by atoms with Crippen LogP contribution >= 0.6 is 11.6 Å². The summed E-state index contributed by atoms with van der Waals surface area (Å²) in [5.74, 6) is 0.544. The molecule has 1 aliphatic rings. The zero-order valence-electron chi connectivity index (χ0n) is 10.8. The molecular weight excluding hydrogens is 284 g/mol. The van der Waals surface area contributed by atoms with E-state index < -0.39 is 10.0 Å². The fraction of sp³-hybridized carbons (Fsp3) is 0.538. The topological polar surface area (TPSA) is 63.4 Å². The molecule has 1 aromatic carbocycles. The van der Waals surface area contributed by atoms with Crippen molar-refractivity contribution in [3.63, 3.8) is 0 Å². The van der Waals surface area contributed by atoms with Crippen LogP contribution in [0.5, 0.6) is 0 Å². The molecule has 0 unspecified atom stereocenters. The third-order valence-corrected chi connectivity index (χ3v) is 6.00. The summed E-state index contributed by atoms with van der Waals surface area (Å²) in [7, 11) is -3.46. The number of hydrogen-bond acceptors (Lipinski definition) is 3. The Labute approximate surface area is 119 Å². The highest BCUT2D eigenvalue weighted by Crippen LogP contribution is 2.28. The van der Waals surface area contributed by atoms with Gasteiger partial charge >= 0.3 is 0 Å². The summed E-state index contributed by atoms with van der Waals surface area (Å²) in [5, 5.41) is 0.284. The largest absolute Gasteiger partial charge is 0.330 e. The molecule has 0 spiro atoms. The number of sulfonamides is 1. The lowest BCUT2D eigenvalue weighted by atomic mass is 9.95. The van der Waals surface area contributed by atoms with E-state index in [1.165, 1.54) is 4.31 Å². The highest BCUT2D eigenvalue weighted by atomic mass is 35.5. The summed E-state index contributed by atoms with van der Waals surface area (Å²) in [6.45, 7) is 1.78. The van der Waals surface area contributed by atoms with Gasteiger partial charge in [-0.25, -0.2) is 8.42 Å². The molecule has 0 radical (unpaired) electrons. The minimum atomic E-state index is -3.46. The molecule has 2 rings (SSSR count). The number of nitrogens with two attached hydrogens (primary N) is 1. The van der Waals surface area contributed by atoms with Gasteiger partial charge in [0.05, 0.1) is 5.02 Å². The third kappa shape index (κ3) is 3.28. The van der Waals surface area contributed by atoms with Crippen LogP contribution in [0.2, 0.25) is 5.02 Å². The van der Waals surface area contributed by atoms with E-state index in [1.807, 2.05) is 0 Å². The highest BCUT2D eigenvalue weighted by molar-refractivity contribution is 7.89. The van der Waals surface area contributed by atoms with Crippen molar-refractivity contribution in [3.8, 4) is 0 Å². The molecule has 6 heteroatoms. The average Bonchev–Trinajstić information content (AvgIpc) is 2.40. The molecule has 0 bridgehead atoms. The van der Waals surface area contributed by atoms with Gasteiger partial charge < -0.3 is 5.73 Å². The van der Waals surface area contributed by atoms with Crippen molar-refractivity contribution in [2.24, 2.45) is 11.7 Å². The van der Waals surface area contributed by atoms with E-state index in [1.54, 1.807) is 24.3 Å². The molecule has 1 saturated heterocycles. The third-order valence-electron chi connectivity index (χ3n) is 3.60. The Balaban J connectivity index is 2.12. The van der Waals surface area contributed by atoms with E-state index in [9.17, 15) is 8.42 Å². The summed E-state index contributed by atoms with van der Waals surface area (Å²) in [5.41, 5.74) is 5.54. The van der Waals surface area contributed by atoms with Crippen molar-refractivity contribution in [2.75, 3.05) is 19.6 Å². The van der Waals surface area contributed by atoms with E-state index in [0.717, 1.165) is 19.3 Å². The summed E-state index contributed by atoms with van der Waals surface area (Å²) in [4.78, 5) is 0.203. The number of rotatable bonds is 4. The van der Waals surface area contributed by atoms with Gasteiger partial charge in [0, 0.05) is 13.1 Å². The molecule has 0 aromatic heterocycles. The standard InChI is InChI=1S/C13H19ClN2O2S/c14-12-3-1-2-4-13(12)19(17,18)16-9-6-11(5-8-15)7-10-16/h1-4,11H,5-10,15H2. The van der Waals surface area contributed by atoms with Crippen molar-refractivity contribution in [1.29, 1.82) is 0 Å². The molecule has 1 fully saturated rings. The smallest absolute Gasteiger partial charge is 0.244 e. The van der Waals surface area contributed by atoms with Crippen molar-refractivity contribution in [3.05, 3.63) is 29.3 Å². The molecule has 4 nitrogen and oxygen atoms in total. The van der Waals surface area contributed by atoms with Crippen LogP contribution in [0.3, 0.4) is 0 Å². The van der Waals surface area contributed by atoms with E-state index in [0.29, 0.717) is 25.6 Å². The second-order valence-electron chi connectivity index (χ2n) is 4.86. The Morgan fingerprint density at radius 3 is 2.47 bits per heavy atom. The predicted molar refractivity (Wildman–Crippen MR) is 76.6 cm³/mol. The van der Waals surface area contributed by atoms with Crippen LogP contribution in [-0.4, -0.2) is 32.4 Å². The van der Waals surface area contributed by atoms with Gasteiger partial charge in [-0.3, -0.25) is 0 Å². The van der Waals surface area contributed by atoms with Gasteiger partial charge in [-0.15, -0.1) is 0 Å². The highest BCUT2D eigenvalue weighted by Gasteiger charge is 2.30. The van der Waals surface area contributed by atoms with Gasteiger partial charge in [0.2, 0.25) is 10.0 Å². The number of hydrogen-bond donors (Lipinski definition) is 1. The first-order valence-corrected chi connectivity index (χ1v) is 8.32. The monoisotopic (exact) mass is 302 g/mol. The maximum atomic E-state index is 12.5. The molecule has 0 aliphatic carbocycles. The van der Waals surface area contributed by atoms with Gasteiger partial charge in [-0.05, 0) is 43.9 Å². The molecule has 19 heavy (non-hydrogen) atoms. The zero-order valence-corrected chi connectivity index (χ0v) is 12.3. The Morgan fingerprint density at radius 1 is 1.26 bits per heavy atom. The number of halogens is 1. The fourth-order valence-corrected chi connectivity index (χ4v) is 4.43. The first-order chi connectivity index (χ1) is 9.05. The summed E-state index contributed by atoms with van der Waals surface area (Å²) in [6, 6.07) is 6.59. The molecule has 1 aromatic rings. The molecule has 2 N–H and O–H groups in total. The Kier molecular flexibility index (Phi) is 4.84. The molecule has 0 amide bonds. The maximum absolute atomic E-state index is 12.5. The summed E-state index contributed by atoms with van der Waals surface area (Å²) < 4.78 is 26.5. The minimum absolute atomic E-state index is 0.203. The first-order valence-electron chi connectivity index (χ1n) is 6.50. The van der Waals surface area contributed by atoms with Crippen molar-refractivity contribution in [2.45, 2.75) is 24.2 Å². The molecule has 106 valence electrons. The Hall–Kier alpha value is -0.620. The molecule has 0 saturated carbocycles. The van der Waals surface area contributed by atoms with Crippen LogP contribution in [0.4, 0.5) is 0 Å². The van der Waals surface area contributed by atoms with Gasteiger partial charge in [0.25, 0.3) is 0 Å². The lowest BCUT2D eigenvalue weighted by Gasteiger charge is -2.31. The number of benzene rings is 1.